The van der Waals surface area contributed by atoms with Gasteiger partial charge in [0.15, 0.2) is 5.78 Å². The van der Waals surface area contributed by atoms with Gasteiger partial charge in [0.1, 0.15) is 5.82 Å². The van der Waals surface area contributed by atoms with Crippen molar-refractivity contribution in [1.82, 2.24) is 9.97 Å². The first-order valence-electron chi connectivity index (χ1n) is 4.33. The molecule has 0 amide bonds. The zero-order valence-electron chi connectivity index (χ0n) is 7.78. The molecule has 3 nitrogen and oxygen atoms in total. The Hall–Kier alpha value is -1.42. The van der Waals surface area contributed by atoms with E-state index in [9.17, 15) is 4.79 Å². The number of aryl methyl sites for hydroxylation is 1. The van der Waals surface area contributed by atoms with Gasteiger partial charge in [0.05, 0.1) is 11.3 Å². The summed E-state index contributed by atoms with van der Waals surface area (Å²) in [5, 5.41) is 0. The number of Topliss-reactive ketones (excluding diaryl/α,β-unsaturated/α-hetero) is 1. The summed E-state index contributed by atoms with van der Waals surface area (Å²) in [5.74, 6) is 0.846. The number of aromatic nitrogens is 2. The molecule has 72 valence electrons. The minimum Gasteiger partial charge on any atom is -0.348 e. The van der Waals surface area contributed by atoms with Crippen molar-refractivity contribution in [2.45, 2.75) is 13.3 Å². The number of nitrogens with one attached hydrogen (secondary N) is 1. The molecule has 0 aliphatic heterocycles. The molecule has 0 aliphatic carbocycles. The van der Waals surface area contributed by atoms with E-state index in [1.54, 1.807) is 12.4 Å². The van der Waals surface area contributed by atoms with Crippen LogP contribution >= 0.6 is 11.3 Å². The summed E-state index contributed by atoms with van der Waals surface area (Å²) in [7, 11) is 0. The van der Waals surface area contributed by atoms with Crippen molar-refractivity contribution in [3.05, 3.63) is 40.1 Å². The first-order valence-corrected chi connectivity index (χ1v) is 5.15. The zero-order valence-corrected chi connectivity index (χ0v) is 8.60. The smallest absolute Gasteiger partial charge is 0.180 e. The van der Waals surface area contributed by atoms with E-state index < -0.39 is 0 Å². The van der Waals surface area contributed by atoms with E-state index in [0.717, 1.165) is 15.6 Å². The van der Waals surface area contributed by atoms with Crippen molar-refractivity contribution in [2.75, 3.05) is 0 Å². The molecule has 14 heavy (non-hydrogen) atoms. The average Bonchev–Trinajstić information content (AvgIpc) is 2.75. The summed E-state index contributed by atoms with van der Waals surface area (Å²) in [6, 6.07) is 3.82. The van der Waals surface area contributed by atoms with Crippen LogP contribution < -0.4 is 0 Å². The van der Waals surface area contributed by atoms with E-state index >= 15 is 0 Å². The summed E-state index contributed by atoms with van der Waals surface area (Å²) in [6.45, 7) is 1.99. The number of ketones is 1. The van der Waals surface area contributed by atoms with E-state index in [1.807, 2.05) is 19.1 Å². The second-order valence-corrected chi connectivity index (χ2v) is 4.33. The van der Waals surface area contributed by atoms with Gasteiger partial charge in [0, 0.05) is 17.3 Å². The van der Waals surface area contributed by atoms with E-state index in [1.165, 1.54) is 11.3 Å². The lowest BCUT2D eigenvalue weighted by Crippen LogP contribution is -2.02. The Bertz CT molecular complexity index is 431. The van der Waals surface area contributed by atoms with Gasteiger partial charge in [-0.15, -0.1) is 11.3 Å². The van der Waals surface area contributed by atoms with Crippen LogP contribution in [0.25, 0.3) is 0 Å². The second-order valence-electron chi connectivity index (χ2n) is 3.05. The van der Waals surface area contributed by atoms with Gasteiger partial charge in [-0.2, -0.15) is 0 Å². The van der Waals surface area contributed by atoms with Crippen LogP contribution in [0.15, 0.2) is 24.5 Å². The van der Waals surface area contributed by atoms with Gasteiger partial charge >= 0.3 is 0 Å². The molecule has 0 spiro atoms. The summed E-state index contributed by atoms with van der Waals surface area (Å²) in [5.41, 5.74) is 0. The predicted octanol–water partition coefficient (Wildman–Crippen LogP) is 2.21. The highest BCUT2D eigenvalue weighted by atomic mass is 32.1. The van der Waals surface area contributed by atoms with Gasteiger partial charge in [0.2, 0.25) is 0 Å². The molecule has 0 aliphatic rings. The number of hydrogen-bond donors (Lipinski definition) is 1. The molecule has 0 unspecified atom stereocenters. The van der Waals surface area contributed by atoms with Crippen LogP contribution in [-0.4, -0.2) is 15.8 Å². The number of thiophene rings is 1. The maximum atomic E-state index is 11.7. The molecule has 1 N–H and O–H groups in total. The van der Waals surface area contributed by atoms with E-state index in [2.05, 4.69) is 9.97 Å². The Morgan fingerprint density at radius 2 is 2.43 bits per heavy atom. The zero-order chi connectivity index (χ0) is 9.97. The highest BCUT2D eigenvalue weighted by molar-refractivity contribution is 7.14. The van der Waals surface area contributed by atoms with Crippen molar-refractivity contribution in [3.8, 4) is 0 Å². The van der Waals surface area contributed by atoms with Crippen LogP contribution in [0.4, 0.5) is 0 Å². The molecular weight excluding hydrogens is 196 g/mol. The molecule has 0 saturated carbocycles. The van der Waals surface area contributed by atoms with Gasteiger partial charge in [-0.25, -0.2) is 4.98 Å². The van der Waals surface area contributed by atoms with Crippen LogP contribution in [0.1, 0.15) is 20.4 Å². The third-order valence-corrected chi connectivity index (χ3v) is 2.94. The van der Waals surface area contributed by atoms with Crippen molar-refractivity contribution >= 4 is 17.1 Å². The number of imidazole rings is 1. The number of rotatable bonds is 3. The summed E-state index contributed by atoms with van der Waals surface area (Å²) < 4.78 is 0. The summed E-state index contributed by atoms with van der Waals surface area (Å²) in [4.78, 5) is 20.6. The molecule has 2 aromatic heterocycles. The minimum atomic E-state index is 0.123. The van der Waals surface area contributed by atoms with Crippen LogP contribution in [-0.2, 0) is 6.42 Å². The largest absolute Gasteiger partial charge is 0.348 e. The normalized spacial score (nSPS) is 10.4. The lowest BCUT2D eigenvalue weighted by molar-refractivity contribution is 0.0995. The van der Waals surface area contributed by atoms with Crippen molar-refractivity contribution in [2.24, 2.45) is 0 Å². The number of aromatic amines is 1. The fraction of sp³-hybridized carbons (Fsp3) is 0.200. The quantitative estimate of drug-likeness (QED) is 0.782. The molecule has 0 atom stereocenters. The number of carbonyl (C=O) groups excluding carboxylic acids is 1. The monoisotopic (exact) mass is 206 g/mol. The van der Waals surface area contributed by atoms with E-state index in [4.69, 9.17) is 0 Å². The number of H-pyrrole nitrogens is 1. The fourth-order valence-corrected chi connectivity index (χ4v) is 2.02. The molecule has 0 aromatic carbocycles. The van der Waals surface area contributed by atoms with Crippen LogP contribution in [0.5, 0.6) is 0 Å². The van der Waals surface area contributed by atoms with Gasteiger partial charge < -0.3 is 4.98 Å². The molecule has 2 aromatic rings. The maximum absolute atomic E-state index is 11.7. The Balaban J connectivity index is 2.10. The topological polar surface area (TPSA) is 45.8 Å². The highest BCUT2D eigenvalue weighted by Gasteiger charge is 2.09. The molecular formula is C10H10N2OS. The van der Waals surface area contributed by atoms with E-state index in [-0.39, 0.29) is 5.78 Å². The van der Waals surface area contributed by atoms with Crippen LogP contribution in [0, 0.1) is 6.92 Å². The SMILES string of the molecule is Cc1ccc(C(=O)Cc2ncc[nH]2)s1. The summed E-state index contributed by atoms with van der Waals surface area (Å²) in [6.07, 6.45) is 3.73. The van der Waals surface area contributed by atoms with Crippen LogP contribution in [0.3, 0.4) is 0 Å². The Morgan fingerprint density at radius 1 is 1.57 bits per heavy atom. The Morgan fingerprint density at radius 3 is 3.00 bits per heavy atom. The lowest BCUT2D eigenvalue weighted by Gasteiger charge is -1.93. The molecule has 2 rings (SSSR count). The Kier molecular flexibility index (Phi) is 2.45. The summed E-state index contributed by atoms with van der Waals surface area (Å²) >= 11 is 1.53. The average molecular weight is 206 g/mol. The highest BCUT2D eigenvalue weighted by Crippen LogP contribution is 2.16. The van der Waals surface area contributed by atoms with Crippen molar-refractivity contribution in [1.29, 1.82) is 0 Å². The molecule has 0 radical (unpaired) electrons. The lowest BCUT2D eigenvalue weighted by atomic mass is 10.2. The standard InChI is InChI=1S/C10H10N2OS/c1-7-2-3-9(14-7)8(13)6-10-11-4-5-12-10/h2-5H,6H2,1H3,(H,11,12). The Labute approximate surface area is 85.8 Å². The molecule has 4 heteroatoms. The molecule has 0 bridgehead atoms. The van der Waals surface area contributed by atoms with Crippen molar-refractivity contribution < 1.29 is 4.79 Å². The second kappa shape index (κ2) is 3.75. The molecule has 0 saturated heterocycles. The number of hydrogen-bond acceptors (Lipinski definition) is 3. The van der Waals surface area contributed by atoms with E-state index in [0.29, 0.717) is 6.42 Å². The van der Waals surface area contributed by atoms with Crippen molar-refractivity contribution in [3.63, 3.8) is 0 Å². The van der Waals surface area contributed by atoms with Gasteiger partial charge in [-0.05, 0) is 19.1 Å². The number of carbonyl (C=O) groups is 1. The molecule has 2 heterocycles. The third kappa shape index (κ3) is 1.90. The van der Waals surface area contributed by atoms with Crippen LogP contribution in [0.2, 0.25) is 0 Å². The molecule has 0 fully saturated rings. The first kappa shape index (κ1) is 9.15. The van der Waals surface area contributed by atoms with Gasteiger partial charge in [0.25, 0.3) is 0 Å². The maximum Gasteiger partial charge on any atom is 0.180 e. The third-order valence-electron chi connectivity index (χ3n) is 1.90. The minimum absolute atomic E-state index is 0.123. The first-order chi connectivity index (χ1) is 6.75. The fourth-order valence-electron chi connectivity index (χ4n) is 1.22. The number of nitrogens with zero attached hydrogens (tertiary/aromatic N) is 1. The van der Waals surface area contributed by atoms with Gasteiger partial charge in [-0.1, -0.05) is 0 Å². The van der Waals surface area contributed by atoms with Gasteiger partial charge in [-0.3, -0.25) is 4.79 Å². The predicted molar refractivity (Wildman–Crippen MR) is 55.7 cm³/mol.